The van der Waals surface area contributed by atoms with Gasteiger partial charge in [-0.05, 0) is 54.1 Å². The second kappa shape index (κ2) is 8.72. The van der Waals surface area contributed by atoms with Crippen molar-refractivity contribution in [2.24, 2.45) is 4.99 Å². The van der Waals surface area contributed by atoms with E-state index in [4.69, 9.17) is 28.2 Å². The summed E-state index contributed by atoms with van der Waals surface area (Å²) in [6.07, 6.45) is 2.99. The molecule has 0 saturated heterocycles. The van der Waals surface area contributed by atoms with Gasteiger partial charge >= 0.3 is 0 Å². The van der Waals surface area contributed by atoms with Crippen LogP contribution in [0.2, 0.25) is 5.02 Å². The van der Waals surface area contributed by atoms with Gasteiger partial charge in [0.15, 0.2) is 0 Å². The van der Waals surface area contributed by atoms with Gasteiger partial charge in [0.05, 0.1) is 17.4 Å². The molecule has 180 valence electrons. The SMILES string of the molecule is Cc1ccc(C2=C(Cl)N=C([C@@H]3CCc4nc(-c5cc(Cl)ccc5-n5cnnn5)cc(=O)n43)C2)c(F)n1. The Kier molecular flexibility index (Phi) is 5.50. The molecular formula is C24H17Cl2FN8O. The van der Waals surface area contributed by atoms with Crippen LogP contribution in [0.25, 0.3) is 22.5 Å². The lowest BCUT2D eigenvalue weighted by atomic mass is 9.99. The van der Waals surface area contributed by atoms with Crippen LogP contribution < -0.4 is 5.56 Å². The summed E-state index contributed by atoms with van der Waals surface area (Å²) in [6.45, 7) is 1.72. The molecule has 4 aromatic rings. The Morgan fingerprint density at radius 2 is 1.94 bits per heavy atom. The zero-order valence-corrected chi connectivity index (χ0v) is 20.4. The van der Waals surface area contributed by atoms with Gasteiger partial charge in [-0.1, -0.05) is 23.2 Å². The first kappa shape index (κ1) is 22.7. The average Bonchev–Trinajstić information content (AvgIpc) is 3.59. The lowest BCUT2D eigenvalue weighted by molar-refractivity contribution is 0.576. The number of hydrogen-bond acceptors (Lipinski definition) is 7. The number of rotatable bonds is 4. The number of aryl methyl sites for hydroxylation is 2. The lowest BCUT2D eigenvalue weighted by Gasteiger charge is -2.16. The van der Waals surface area contributed by atoms with Gasteiger partial charge in [0.25, 0.3) is 5.56 Å². The summed E-state index contributed by atoms with van der Waals surface area (Å²) in [5.74, 6) is 0.0374. The van der Waals surface area contributed by atoms with E-state index in [1.807, 2.05) is 0 Å². The van der Waals surface area contributed by atoms with E-state index in [0.29, 0.717) is 69.6 Å². The maximum atomic E-state index is 14.5. The number of hydrogen-bond donors (Lipinski definition) is 0. The van der Waals surface area contributed by atoms with Crippen molar-refractivity contribution in [3.05, 3.63) is 86.3 Å². The van der Waals surface area contributed by atoms with Crippen molar-refractivity contribution in [3.63, 3.8) is 0 Å². The molecule has 3 aromatic heterocycles. The van der Waals surface area contributed by atoms with E-state index in [0.717, 1.165) is 0 Å². The number of halogens is 3. The van der Waals surface area contributed by atoms with Gasteiger partial charge in [-0.2, -0.15) is 9.07 Å². The van der Waals surface area contributed by atoms with E-state index in [1.165, 1.54) is 17.1 Å². The van der Waals surface area contributed by atoms with Gasteiger partial charge in [-0.25, -0.2) is 15.0 Å². The molecule has 0 amide bonds. The standard InChI is InChI=1S/C24H17Cl2FN8O/c1-12-2-4-14(24(27)29-12)15-9-18(31-23(15)26)20-6-7-21-30-17(10-22(36)35(20)21)16-8-13(25)3-5-19(16)34-11-28-32-33-34/h2-5,8,10-11,20H,6-7,9H2,1H3/t20-/m0/s1. The molecule has 0 fully saturated rings. The molecule has 36 heavy (non-hydrogen) atoms. The number of tetrazole rings is 1. The first-order valence-electron chi connectivity index (χ1n) is 11.1. The third kappa shape index (κ3) is 3.82. The zero-order valence-electron chi connectivity index (χ0n) is 18.9. The molecule has 0 radical (unpaired) electrons. The van der Waals surface area contributed by atoms with Crippen LogP contribution in [0.5, 0.6) is 0 Å². The van der Waals surface area contributed by atoms with Crippen LogP contribution in [0.15, 0.2) is 57.7 Å². The molecule has 2 aliphatic heterocycles. The number of fused-ring (bicyclic) bond motifs is 1. The Balaban J connectivity index is 1.35. The predicted octanol–water partition coefficient (Wildman–Crippen LogP) is 4.32. The molecule has 6 rings (SSSR count). The van der Waals surface area contributed by atoms with Crippen LogP contribution in [0.4, 0.5) is 4.39 Å². The summed E-state index contributed by atoms with van der Waals surface area (Å²) in [6, 6.07) is 9.75. The maximum absolute atomic E-state index is 14.5. The lowest BCUT2D eigenvalue weighted by Crippen LogP contribution is -2.28. The first-order chi connectivity index (χ1) is 17.4. The van der Waals surface area contributed by atoms with E-state index >= 15 is 0 Å². The summed E-state index contributed by atoms with van der Waals surface area (Å²) < 4.78 is 17.6. The quantitative estimate of drug-likeness (QED) is 0.292. The third-order valence-electron chi connectivity index (χ3n) is 6.36. The second-order valence-electron chi connectivity index (χ2n) is 8.58. The molecule has 1 atom stereocenters. The Hall–Kier alpha value is -3.76. The minimum absolute atomic E-state index is 0.214. The average molecular weight is 523 g/mol. The van der Waals surface area contributed by atoms with Gasteiger partial charge in [0.2, 0.25) is 5.95 Å². The van der Waals surface area contributed by atoms with Crippen LogP contribution in [0.1, 0.15) is 36.0 Å². The third-order valence-corrected chi connectivity index (χ3v) is 6.90. The molecule has 0 saturated carbocycles. The fraction of sp³-hybridized carbons (Fsp3) is 0.208. The van der Waals surface area contributed by atoms with Crippen LogP contribution in [0.3, 0.4) is 0 Å². The Labute approximate surface area is 214 Å². The highest BCUT2D eigenvalue weighted by atomic mass is 35.5. The smallest absolute Gasteiger partial charge is 0.254 e. The number of aliphatic imine (C=N–C) groups is 1. The Bertz CT molecular complexity index is 1640. The number of aromatic nitrogens is 7. The van der Waals surface area contributed by atoms with Crippen molar-refractivity contribution < 1.29 is 4.39 Å². The minimum atomic E-state index is -0.588. The first-order valence-corrected chi connectivity index (χ1v) is 11.9. The number of nitrogens with zero attached hydrogens (tertiary/aromatic N) is 8. The highest BCUT2D eigenvalue weighted by Crippen LogP contribution is 2.38. The molecular weight excluding hydrogens is 506 g/mol. The highest BCUT2D eigenvalue weighted by molar-refractivity contribution is 6.35. The highest BCUT2D eigenvalue weighted by Gasteiger charge is 2.33. The predicted molar refractivity (Wildman–Crippen MR) is 133 cm³/mol. The number of benzene rings is 1. The normalized spacial score (nSPS) is 17.0. The molecule has 12 heteroatoms. The van der Waals surface area contributed by atoms with Crippen molar-refractivity contribution in [2.45, 2.75) is 32.2 Å². The minimum Gasteiger partial charge on any atom is -0.288 e. The summed E-state index contributed by atoms with van der Waals surface area (Å²) in [5.41, 5.74) is 3.67. The zero-order chi connectivity index (χ0) is 25.0. The molecule has 0 aliphatic carbocycles. The van der Waals surface area contributed by atoms with Crippen LogP contribution >= 0.6 is 23.2 Å². The molecule has 0 spiro atoms. The Morgan fingerprint density at radius 3 is 2.72 bits per heavy atom. The molecule has 5 heterocycles. The summed E-state index contributed by atoms with van der Waals surface area (Å²) in [4.78, 5) is 26.5. The van der Waals surface area contributed by atoms with Crippen molar-refractivity contribution in [3.8, 4) is 16.9 Å². The number of allylic oxidation sites excluding steroid dienone is 1. The van der Waals surface area contributed by atoms with E-state index in [9.17, 15) is 9.18 Å². The van der Waals surface area contributed by atoms with E-state index in [-0.39, 0.29) is 16.8 Å². The second-order valence-corrected chi connectivity index (χ2v) is 9.37. The summed E-state index contributed by atoms with van der Waals surface area (Å²) >= 11 is 12.7. The maximum Gasteiger partial charge on any atom is 0.254 e. The van der Waals surface area contributed by atoms with Gasteiger partial charge in [-0.3, -0.25) is 9.36 Å². The van der Waals surface area contributed by atoms with E-state index < -0.39 is 5.95 Å². The monoisotopic (exact) mass is 522 g/mol. The summed E-state index contributed by atoms with van der Waals surface area (Å²) in [7, 11) is 0. The van der Waals surface area contributed by atoms with Crippen molar-refractivity contribution in [2.75, 3.05) is 0 Å². The van der Waals surface area contributed by atoms with Gasteiger partial charge in [0, 0.05) is 52.0 Å². The molecule has 2 aliphatic rings. The van der Waals surface area contributed by atoms with Crippen molar-refractivity contribution in [1.29, 1.82) is 0 Å². The van der Waals surface area contributed by atoms with Crippen molar-refractivity contribution in [1.82, 2.24) is 34.7 Å². The largest absolute Gasteiger partial charge is 0.288 e. The fourth-order valence-corrected chi connectivity index (χ4v) is 5.17. The van der Waals surface area contributed by atoms with Gasteiger partial charge in [0.1, 0.15) is 17.3 Å². The molecule has 0 N–H and O–H groups in total. The number of pyridine rings is 1. The fourth-order valence-electron chi connectivity index (χ4n) is 4.72. The molecule has 1 aromatic carbocycles. The van der Waals surface area contributed by atoms with Crippen molar-refractivity contribution >= 4 is 34.5 Å². The Morgan fingerprint density at radius 1 is 1.08 bits per heavy atom. The van der Waals surface area contributed by atoms with E-state index in [2.05, 4.69) is 25.5 Å². The van der Waals surface area contributed by atoms with Crippen LogP contribution in [0, 0.1) is 12.9 Å². The van der Waals surface area contributed by atoms with Gasteiger partial charge < -0.3 is 0 Å². The topological polar surface area (TPSA) is 104 Å². The summed E-state index contributed by atoms with van der Waals surface area (Å²) in [5, 5.41) is 12.0. The molecule has 9 nitrogen and oxygen atoms in total. The molecule has 0 unspecified atom stereocenters. The van der Waals surface area contributed by atoms with Crippen LogP contribution in [-0.2, 0) is 6.42 Å². The molecule has 0 bridgehead atoms. The van der Waals surface area contributed by atoms with E-state index in [1.54, 1.807) is 41.8 Å². The van der Waals surface area contributed by atoms with Gasteiger partial charge in [-0.15, -0.1) is 5.10 Å². The van der Waals surface area contributed by atoms with Crippen LogP contribution in [-0.4, -0.2) is 40.5 Å².